The van der Waals surface area contributed by atoms with Crippen molar-refractivity contribution in [2.24, 2.45) is 0 Å². The number of carbonyl (C=O) groups excluding carboxylic acids is 2. The first-order chi connectivity index (χ1) is 15.5. The van der Waals surface area contributed by atoms with Gasteiger partial charge in [0.05, 0.1) is 12.3 Å². The summed E-state index contributed by atoms with van der Waals surface area (Å²) in [5, 5.41) is 2.94. The molecule has 1 saturated carbocycles. The zero-order valence-electron chi connectivity index (χ0n) is 19.4. The molecule has 0 aromatic heterocycles. The fourth-order valence-corrected chi connectivity index (χ4v) is 11.2. The van der Waals surface area contributed by atoms with E-state index in [1.807, 2.05) is 62.4 Å². The smallest absolute Gasteiger partial charge is 0.344 e. The molecule has 4 nitrogen and oxygen atoms in total. The number of amides is 1. The van der Waals surface area contributed by atoms with Crippen molar-refractivity contribution in [3.63, 3.8) is 0 Å². The van der Waals surface area contributed by atoms with Crippen LogP contribution in [0, 0.1) is 13.8 Å². The number of carbonyl (C=O) groups is 2. The van der Waals surface area contributed by atoms with E-state index < -0.39 is 7.26 Å². The van der Waals surface area contributed by atoms with E-state index in [1.165, 1.54) is 6.42 Å². The van der Waals surface area contributed by atoms with E-state index in [1.54, 1.807) is 0 Å². The Bertz CT molecular complexity index is 942. The van der Waals surface area contributed by atoms with Gasteiger partial charge in [-0.2, -0.15) is 0 Å². The Balaban J connectivity index is 1.54. The third kappa shape index (κ3) is 4.48. The molecule has 0 spiro atoms. The van der Waals surface area contributed by atoms with Crippen LogP contribution in [0.2, 0.25) is 0 Å². The van der Waals surface area contributed by atoms with Crippen LogP contribution in [0.4, 0.5) is 5.69 Å². The Labute approximate surface area is 192 Å². The summed E-state index contributed by atoms with van der Waals surface area (Å²) < 4.78 is 5.71. The summed E-state index contributed by atoms with van der Waals surface area (Å²) in [5.41, 5.74) is 4.12. The molecule has 0 radical (unpaired) electrons. The highest BCUT2D eigenvalue weighted by atomic mass is 31.2. The molecule has 170 valence electrons. The number of nitrogens with one attached hydrogen (secondary N) is 1. The number of ether oxygens (including phenoxy) is 1. The van der Waals surface area contributed by atoms with Crippen molar-refractivity contribution in [1.29, 1.82) is 0 Å². The molecule has 1 aliphatic carbocycles. The lowest BCUT2D eigenvalue weighted by Gasteiger charge is -2.50. The van der Waals surface area contributed by atoms with Crippen molar-refractivity contribution in [2.45, 2.75) is 64.1 Å². The Morgan fingerprint density at radius 2 is 1.56 bits per heavy atom. The standard InChI is InChI=1S/C27H34NO3P/c1-21-11-9-12-22(2)25(21)28-26(30)27(15-10-16-27)32(17-7-4-8-18-32)20-24(29)31-19-23-13-5-3-6-14-23/h3,5-6,9,11-14H,4,7-8,10,15-20H2,1-2H3/p+1. The fraction of sp³-hybridized carbons (Fsp3) is 0.481. The highest BCUT2D eigenvalue weighted by Crippen LogP contribution is 2.77. The van der Waals surface area contributed by atoms with Crippen molar-refractivity contribution >= 4 is 24.8 Å². The molecule has 1 N–H and O–H groups in total. The summed E-state index contributed by atoms with van der Waals surface area (Å²) in [7, 11) is -1.81. The van der Waals surface area contributed by atoms with Crippen molar-refractivity contribution in [3.05, 3.63) is 65.2 Å². The summed E-state index contributed by atoms with van der Waals surface area (Å²) in [4.78, 5) is 26.9. The summed E-state index contributed by atoms with van der Waals surface area (Å²) >= 11 is 0. The summed E-state index contributed by atoms with van der Waals surface area (Å²) in [6, 6.07) is 15.9. The number of hydrogen-bond acceptors (Lipinski definition) is 3. The molecule has 4 rings (SSSR count). The van der Waals surface area contributed by atoms with Crippen LogP contribution in [0.5, 0.6) is 0 Å². The van der Waals surface area contributed by atoms with Gasteiger partial charge in [-0.3, -0.25) is 4.79 Å². The Morgan fingerprint density at radius 1 is 0.906 bits per heavy atom. The van der Waals surface area contributed by atoms with Gasteiger partial charge in [0, 0.05) is 12.9 Å². The molecule has 1 saturated heterocycles. The zero-order valence-corrected chi connectivity index (χ0v) is 20.3. The van der Waals surface area contributed by atoms with E-state index >= 15 is 0 Å². The quantitative estimate of drug-likeness (QED) is 0.407. The Hall–Kier alpha value is -2.19. The van der Waals surface area contributed by atoms with Crippen molar-refractivity contribution < 1.29 is 14.3 Å². The molecular weight excluding hydrogens is 417 g/mol. The van der Waals surface area contributed by atoms with Crippen LogP contribution in [0.3, 0.4) is 0 Å². The first kappa shape index (κ1) is 23.0. The maximum absolute atomic E-state index is 13.9. The average Bonchev–Trinajstić information content (AvgIpc) is 2.75. The lowest BCUT2D eigenvalue weighted by molar-refractivity contribution is -0.141. The van der Waals surface area contributed by atoms with Gasteiger partial charge in [-0.15, -0.1) is 0 Å². The van der Waals surface area contributed by atoms with Crippen LogP contribution in [0.1, 0.15) is 55.2 Å². The highest BCUT2D eigenvalue weighted by Gasteiger charge is 2.66. The van der Waals surface area contributed by atoms with E-state index in [9.17, 15) is 9.59 Å². The molecule has 2 fully saturated rings. The number of hydrogen-bond donors (Lipinski definition) is 1. The number of anilines is 1. The lowest BCUT2D eigenvalue weighted by atomic mass is 9.83. The summed E-state index contributed by atoms with van der Waals surface area (Å²) in [5.74, 6) is 0.0162. The molecule has 5 heteroatoms. The maximum Gasteiger partial charge on any atom is 0.344 e. The van der Waals surface area contributed by atoms with Gasteiger partial charge in [0.2, 0.25) is 0 Å². The fourth-order valence-electron chi connectivity index (χ4n) is 5.56. The third-order valence-electron chi connectivity index (χ3n) is 7.58. The molecule has 0 bridgehead atoms. The first-order valence-electron chi connectivity index (χ1n) is 11.9. The number of rotatable bonds is 7. The van der Waals surface area contributed by atoms with Gasteiger partial charge in [0.1, 0.15) is 6.61 Å². The molecule has 2 aliphatic rings. The minimum Gasteiger partial charge on any atom is -0.458 e. The van der Waals surface area contributed by atoms with E-state index in [0.29, 0.717) is 12.8 Å². The van der Waals surface area contributed by atoms with Crippen LogP contribution < -0.4 is 5.32 Å². The van der Waals surface area contributed by atoms with Gasteiger partial charge in [0.15, 0.2) is 11.3 Å². The predicted octanol–water partition coefficient (Wildman–Crippen LogP) is 6.11. The summed E-state index contributed by atoms with van der Waals surface area (Å²) in [6.07, 6.45) is 8.85. The topological polar surface area (TPSA) is 55.4 Å². The van der Waals surface area contributed by atoms with Crippen molar-refractivity contribution in [2.75, 3.05) is 23.8 Å². The molecule has 1 aliphatic heterocycles. The number of para-hydroxylation sites is 1. The van der Waals surface area contributed by atoms with Crippen LogP contribution in [0.15, 0.2) is 48.5 Å². The van der Waals surface area contributed by atoms with E-state index in [-0.39, 0.29) is 17.0 Å². The third-order valence-corrected chi connectivity index (χ3v) is 13.3. The minimum atomic E-state index is -1.81. The van der Waals surface area contributed by atoms with E-state index in [4.69, 9.17) is 4.74 Å². The normalized spacial score (nSPS) is 18.9. The second-order valence-electron chi connectivity index (χ2n) is 9.56. The summed E-state index contributed by atoms with van der Waals surface area (Å²) in [6.45, 7) is 4.40. The SMILES string of the molecule is Cc1cccc(C)c1NC(=O)C1([P+]2(CC(=O)OCc3ccccc3)CCCCC2)CCC1. The number of benzene rings is 2. The Morgan fingerprint density at radius 3 is 2.16 bits per heavy atom. The van der Waals surface area contributed by atoms with Crippen LogP contribution in [-0.2, 0) is 20.9 Å². The second-order valence-corrected chi connectivity index (χ2v) is 13.9. The van der Waals surface area contributed by atoms with Gasteiger partial charge in [-0.1, -0.05) is 48.5 Å². The zero-order chi connectivity index (χ0) is 22.6. The predicted molar refractivity (Wildman–Crippen MR) is 133 cm³/mol. The van der Waals surface area contributed by atoms with Gasteiger partial charge in [-0.05, 0) is 69.1 Å². The molecule has 1 heterocycles. The molecule has 2 aromatic carbocycles. The highest BCUT2D eigenvalue weighted by molar-refractivity contribution is 7.79. The van der Waals surface area contributed by atoms with Gasteiger partial charge < -0.3 is 10.1 Å². The maximum atomic E-state index is 13.9. The van der Waals surface area contributed by atoms with Crippen molar-refractivity contribution in [3.8, 4) is 0 Å². The van der Waals surface area contributed by atoms with E-state index in [0.717, 1.165) is 66.8 Å². The molecule has 0 atom stereocenters. The molecule has 2 aromatic rings. The Kier molecular flexibility index (Phi) is 7.00. The van der Waals surface area contributed by atoms with E-state index in [2.05, 4.69) is 5.32 Å². The largest absolute Gasteiger partial charge is 0.458 e. The van der Waals surface area contributed by atoms with Crippen LogP contribution >= 0.6 is 7.26 Å². The molecular formula is C27H35NO3P+. The number of esters is 1. The lowest BCUT2D eigenvalue weighted by Crippen LogP contribution is -2.53. The van der Waals surface area contributed by atoms with Gasteiger partial charge in [0.25, 0.3) is 5.91 Å². The molecule has 1 amide bonds. The van der Waals surface area contributed by atoms with Gasteiger partial charge >= 0.3 is 5.97 Å². The average molecular weight is 453 g/mol. The van der Waals surface area contributed by atoms with Crippen LogP contribution in [-0.4, -0.2) is 35.5 Å². The van der Waals surface area contributed by atoms with Gasteiger partial charge in [-0.25, -0.2) is 4.79 Å². The van der Waals surface area contributed by atoms with Crippen molar-refractivity contribution in [1.82, 2.24) is 0 Å². The second kappa shape index (κ2) is 9.75. The first-order valence-corrected chi connectivity index (χ1v) is 14.2. The molecule has 32 heavy (non-hydrogen) atoms. The monoisotopic (exact) mass is 452 g/mol. The number of aryl methyl sites for hydroxylation is 2. The minimum absolute atomic E-state index is 0.129. The van der Waals surface area contributed by atoms with Crippen LogP contribution in [0.25, 0.3) is 0 Å². The molecule has 0 unspecified atom stereocenters.